The Labute approximate surface area is 208 Å². The lowest BCUT2D eigenvalue weighted by molar-refractivity contribution is -0.141. The van der Waals surface area contributed by atoms with Gasteiger partial charge in [-0.15, -0.1) is 0 Å². The van der Waals surface area contributed by atoms with Crippen LogP contribution in [0.2, 0.25) is 0 Å². The number of rotatable bonds is 4. The maximum absolute atomic E-state index is 13.5. The van der Waals surface area contributed by atoms with Crippen molar-refractivity contribution in [3.63, 3.8) is 0 Å². The van der Waals surface area contributed by atoms with Gasteiger partial charge >= 0.3 is 6.09 Å². The molecule has 0 spiro atoms. The van der Waals surface area contributed by atoms with Crippen LogP contribution in [0.5, 0.6) is 0 Å². The lowest BCUT2D eigenvalue weighted by Crippen LogP contribution is -2.58. The van der Waals surface area contributed by atoms with Gasteiger partial charge in [0.1, 0.15) is 23.2 Å². The van der Waals surface area contributed by atoms with E-state index < -0.39 is 29.3 Å². The van der Waals surface area contributed by atoms with Crippen molar-refractivity contribution >= 4 is 23.8 Å². The molecule has 4 atom stereocenters. The van der Waals surface area contributed by atoms with Crippen molar-refractivity contribution < 1.29 is 23.9 Å². The third-order valence-electron chi connectivity index (χ3n) is 6.86. The molecule has 0 unspecified atom stereocenters. The number of ether oxygens (including phenoxy) is 1. The summed E-state index contributed by atoms with van der Waals surface area (Å²) in [4.78, 5) is 54.0. The molecule has 2 fully saturated rings. The van der Waals surface area contributed by atoms with Gasteiger partial charge in [0.15, 0.2) is 0 Å². The van der Waals surface area contributed by atoms with Crippen molar-refractivity contribution in [3.8, 4) is 0 Å². The first-order valence-electron chi connectivity index (χ1n) is 13.1. The molecule has 2 aliphatic heterocycles. The summed E-state index contributed by atoms with van der Waals surface area (Å²) in [5, 5.41) is 8.70. The van der Waals surface area contributed by atoms with Gasteiger partial charge in [0.25, 0.3) is 0 Å². The molecule has 4 amide bonds. The number of carbonyl (C=O) groups excluding carboxylic acids is 4. The predicted molar refractivity (Wildman–Crippen MR) is 132 cm³/mol. The molecule has 1 saturated carbocycles. The third-order valence-corrected chi connectivity index (χ3v) is 6.86. The fourth-order valence-electron chi connectivity index (χ4n) is 4.94. The van der Waals surface area contributed by atoms with E-state index in [4.69, 9.17) is 4.74 Å². The highest BCUT2D eigenvalue weighted by molar-refractivity contribution is 5.98. The van der Waals surface area contributed by atoms with E-state index in [1.54, 1.807) is 25.7 Å². The van der Waals surface area contributed by atoms with Gasteiger partial charge in [-0.05, 0) is 65.7 Å². The van der Waals surface area contributed by atoms with Crippen LogP contribution >= 0.6 is 0 Å². The van der Waals surface area contributed by atoms with Crippen LogP contribution in [-0.2, 0) is 19.1 Å². The molecule has 9 heteroatoms. The molecule has 1 aliphatic carbocycles. The first-order chi connectivity index (χ1) is 16.6. The van der Waals surface area contributed by atoms with Crippen molar-refractivity contribution in [2.75, 3.05) is 13.1 Å². The van der Waals surface area contributed by atoms with Crippen molar-refractivity contribution in [1.29, 1.82) is 0 Å². The number of hydrogen-bond acceptors (Lipinski definition) is 5. The Morgan fingerprint density at radius 3 is 2.66 bits per heavy atom. The highest BCUT2D eigenvalue weighted by Gasteiger charge is 2.60. The summed E-state index contributed by atoms with van der Waals surface area (Å²) in [6.45, 7) is 8.31. The van der Waals surface area contributed by atoms with Gasteiger partial charge in [-0.3, -0.25) is 14.4 Å². The van der Waals surface area contributed by atoms with Crippen LogP contribution in [0.15, 0.2) is 12.2 Å². The van der Waals surface area contributed by atoms with Crippen LogP contribution in [0.3, 0.4) is 0 Å². The van der Waals surface area contributed by atoms with Crippen LogP contribution in [0, 0.1) is 5.92 Å². The monoisotopic (exact) mass is 490 g/mol. The van der Waals surface area contributed by atoms with Crippen molar-refractivity contribution in [2.24, 2.45) is 5.92 Å². The molecule has 9 nitrogen and oxygen atoms in total. The molecule has 3 aliphatic rings. The van der Waals surface area contributed by atoms with Gasteiger partial charge in [0, 0.05) is 19.0 Å². The molecule has 0 radical (unpaired) electrons. The maximum atomic E-state index is 13.5. The number of nitrogens with one attached hydrogen (secondary N) is 3. The first-order valence-corrected chi connectivity index (χ1v) is 13.1. The molecule has 1 saturated heterocycles. The van der Waals surface area contributed by atoms with E-state index >= 15 is 0 Å². The normalized spacial score (nSPS) is 29.7. The van der Waals surface area contributed by atoms with Gasteiger partial charge < -0.3 is 25.6 Å². The highest BCUT2D eigenvalue weighted by atomic mass is 16.6. The minimum atomic E-state index is -0.950. The number of nitrogens with zero attached hydrogens (tertiary/aromatic N) is 1. The molecular formula is C26H42N4O5. The van der Waals surface area contributed by atoms with Crippen LogP contribution in [-0.4, -0.2) is 65.0 Å². The van der Waals surface area contributed by atoms with Gasteiger partial charge in [0.05, 0.1) is 0 Å². The second-order valence-electron chi connectivity index (χ2n) is 11.0. The number of carbonyl (C=O) groups is 4. The van der Waals surface area contributed by atoms with Gasteiger partial charge in [-0.1, -0.05) is 31.9 Å². The maximum Gasteiger partial charge on any atom is 0.408 e. The molecular weight excluding hydrogens is 448 g/mol. The smallest absolute Gasteiger partial charge is 0.408 e. The minimum absolute atomic E-state index is 0.0411. The number of allylic oxidation sites excluding steroid dienone is 1. The predicted octanol–water partition coefficient (Wildman–Crippen LogP) is 2.79. The molecule has 2 heterocycles. The third kappa shape index (κ3) is 6.98. The zero-order chi connectivity index (χ0) is 25.6. The average molecular weight is 491 g/mol. The Morgan fingerprint density at radius 2 is 1.94 bits per heavy atom. The van der Waals surface area contributed by atoms with Crippen LogP contribution in [0.25, 0.3) is 0 Å². The Bertz CT molecular complexity index is 836. The molecule has 35 heavy (non-hydrogen) atoms. The van der Waals surface area contributed by atoms with Crippen LogP contribution < -0.4 is 16.0 Å². The van der Waals surface area contributed by atoms with Gasteiger partial charge in [-0.2, -0.15) is 0 Å². The Kier molecular flexibility index (Phi) is 8.83. The average Bonchev–Trinajstić information content (AvgIpc) is 3.24. The topological polar surface area (TPSA) is 117 Å². The molecule has 0 aromatic heterocycles. The zero-order valence-corrected chi connectivity index (χ0v) is 21.7. The quantitative estimate of drug-likeness (QED) is 0.524. The Balaban J connectivity index is 1.80. The fraction of sp³-hybridized carbons (Fsp3) is 0.769. The lowest BCUT2D eigenvalue weighted by atomic mass is 10.0. The van der Waals surface area contributed by atoms with Crippen molar-refractivity contribution in [3.05, 3.63) is 12.2 Å². The summed E-state index contributed by atoms with van der Waals surface area (Å²) < 4.78 is 5.38. The fourth-order valence-corrected chi connectivity index (χ4v) is 4.94. The van der Waals surface area contributed by atoms with Gasteiger partial charge in [0.2, 0.25) is 17.7 Å². The Hall–Kier alpha value is -2.58. The van der Waals surface area contributed by atoms with E-state index in [0.717, 1.165) is 32.1 Å². The second kappa shape index (κ2) is 11.4. The van der Waals surface area contributed by atoms with Crippen molar-refractivity contribution in [1.82, 2.24) is 20.9 Å². The molecule has 3 rings (SSSR count). The number of fused-ring (bicyclic) bond motifs is 2. The summed E-state index contributed by atoms with van der Waals surface area (Å²) in [6.07, 6.45) is 10.1. The van der Waals surface area contributed by atoms with Crippen molar-refractivity contribution in [2.45, 2.75) is 109 Å². The van der Waals surface area contributed by atoms with Crippen LogP contribution in [0.1, 0.15) is 85.5 Å². The van der Waals surface area contributed by atoms with E-state index in [9.17, 15) is 19.2 Å². The first kappa shape index (κ1) is 27.0. The minimum Gasteiger partial charge on any atom is -0.444 e. The Morgan fingerprint density at radius 1 is 1.17 bits per heavy atom. The summed E-state index contributed by atoms with van der Waals surface area (Å²) >= 11 is 0. The summed E-state index contributed by atoms with van der Waals surface area (Å²) in [5.41, 5.74) is -1.63. The summed E-state index contributed by atoms with van der Waals surface area (Å²) in [7, 11) is 0. The van der Waals surface area contributed by atoms with E-state index in [0.29, 0.717) is 38.8 Å². The molecule has 3 N–H and O–H groups in total. The van der Waals surface area contributed by atoms with Gasteiger partial charge in [-0.25, -0.2) is 4.79 Å². The lowest BCUT2D eigenvalue weighted by Gasteiger charge is -2.30. The van der Waals surface area contributed by atoms with E-state index in [1.807, 2.05) is 6.92 Å². The number of amides is 4. The van der Waals surface area contributed by atoms with E-state index in [-0.39, 0.29) is 23.6 Å². The SMILES string of the molecule is CCCNC(=O)[C@@]12C[C@H]1C=CCCCCC[C@H](NC(=O)OC(C)(C)C)C(=O)N1CCC[C@H]1C(=O)N2. The standard InChI is InChI=1S/C26H42N4O5/c1-5-15-27-23(33)26-17-18(26)12-9-7-6-8-10-13-19(28-24(34)35-25(2,3)4)22(32)30-16-11-14-20(30)21(31)29-26/h9,12,18-20H,5-8,10-11,13-17H2,1-4H3,(H,27,33)(H,28,34)(H,29,31)/t18-,19+,20+,26-/m1/s1. The number of hydrogen-bond donors (Lipinski definition) is 3. The molecule has 0 aromatic carbocycles. The molecule has 0 bridgehead atoms. The van der Waals surface area contributed by atoms with Crippen LogP contribution in [0.4, 0.5) is 4.79 Å². The molecule has 0 aromatic rings. The van der Waals surface area contributed by atoms with E-state index in [2.05, 4.69) is 28.1 Å². The highest BCUT2D eigenvalue weighted by Crippen LogP contribution is 2.45. The summed E-state index contributed by atoms with van der Waals surface area (Å²) in [6, 6.07) is -1.41. The molecule has 196 valence electrons. The largest absolute Gasteiger partial charge is 0.444 e. The second-order valence-corrected chi connectivity index (χ2v) is 11.0. The number of alkyl carbamates (subject to hydrolysis) is 1. The zero-order valence-electron chi connectivity index (χ0n) is 21.7. The van der Waals surface area contributed by atoms with E-state index in [1.165, 1.54) is 0 Å². The summed E-state index contributed by atoms with van der Waals surface area (Å²) in [5.74, 6) is -0.768.